The fourth-order valence-corrected chi connectivity index (χ4v) is 2.88. The molecule has 0 amide bonds. The molecule has 1 N–H and O–H groups in total. The van der Waals surface area contributed by atoms with Gasteiger partial charge in [0, 0.05) is 18.2 Å². The predicted octanol–water partition coefficient (Wildman–Crippen LogP) is 3.25. The van der Waals surface area contributed by atoms with Crippen LogP contribution in [0.1, 0.15) is 37.1 Å². The summed E-state index contributed by atoms with van der Waals surface area (Å²) in [4.78, 5) is 0. The van der Waals surface area contributed by atoms with Crippen molar-refractivity contribution in [1.82, 2.24) is 9.78 Å². The van der Waals surface area contributed by atoms with Crippen molar-refractivity contribution in [2.75, 3.05) is 19.0 Å². The molecule has 0 saturated carbocycles. The minimum atomic E-state index is 0.257. The average molecular weight is 271 g/mol. The maximum atomic E-state index is 5.51. The molecule has 4 nitrogen and oxygen atoms in total. The lowest BCUT2D eigenvalue weighted by molar-refractivity contribution is 0.391. The first-order chi connectivity index (χ1) is 9.83. The van der Waals surface area contributed by atoms with Gasteiger partial charge in [0.25, 0.3) is 0 Å². The van der Waals surface area contributed by atoms with Crippen molar-refractivity contribution in [2.24, 2.45) is 0 Å². The van der Waals surface area contributed by atoms with Crippen molar-refractivity contribution >= 4 is 5.82 Å². The first kappa shape index (κ1) is 13.0. The Balaban J connectivity index is 2.00. The number of benzene rings is 1. The van der Waals surface area contributed by atoms with Crippen LogP contribution in [0.15, 0.2) is 30.3 Å². The van der Waals surface area contributed by atoms with Crippen LogP contribution >= 0.6 is 0 Å². The number of methoxy groups -OCH3 is 1. The van der Waals surface area contributed by atoms with Gasteiger partial charge in [0.05, 0.1) is 18.8 Å². The van der Waals surface area contributed by atoms with Gasteiger partial charge in [-0.3, -0.25) is 0 Å². The number of ether oxygens (including phenoxy) is 1. The zero-order valence-electron chi connectivity index (χ0n) is 12.1. The van der Waals surface area contributed by atoms with Gasteiger partial charge in [-0.25, -0.2) is 4.68 Å². The van der Waals surface area contributed by atoms with Crippen LogP contribution in [-0.2, 0) is 6.42 Å². The van der Waals surface area contributed by atoms with Crippen molar-refractivity contribution in [3.8, 4) is 5.75 Å². The summed E-state index contributed by atoms with van der Waals surface area (Å²) >= 11 is 0. The van der Waals surface area contributed by atoms with Gasteiger partial charge >= 0.3 is 0 Å². The summed E-state index contributed by atoms with van der Waals surface area (Å²) in [7, 11) is 1.73. The van der Waals surface area contributed by atoms with E-state index in [9.17, 15) is 0 Å². The van der Waals surface area contributed by atoms with Crippen LogP contribution in [0.4, 0.5) is 5.82 Å². The van der Waals surface area contributed by atoms with Crippen LogP contribution in [0.25, 0.3) is 0 Å². The Labute approximate surface area is 119 Å². The fraction of sp³-hybridized carbons (Fsp3) is 0.438. The quantitative estimate of drug-likeness (QED) is 0.927. The van der Waals surface area contributed by atoms with E-state index < -0.39 is 0 Å². The van der Waals surface area contributed by atoms with E-state index in [2.05, 4.69) is 35.1 Å². The van der Waals surface area contributed by atoms with E-state index in [0.717, 1.165) is 43.1 Å². The summed E-state index contributed by atoms with van der Waals surface area (Å²) in [6, 6.07) is 10.7. The van der Waals surface area contributed by atoms with Crippen molar-refractivity contribution in [2.45, 2.75) is 32.2 Å². The number of anilines is 1. The number of fused-ring (bicyclic) bond motifs is 1. The van der Waals surface area contributed by atoms with Crippen molar-refractivity contribution in [3.05, 3.63) is 41.6 Å². The third-order valence-corrected chi connectivity index (χ3v) is 3.81. The molecule has 0 bridgehead atoms. The van der Waals surface area contributed by atoms with Crippen LogP contribution in [-0.4, -0.2) is 23.4 Å². The van der Waals surface area contributed by atoms with E-state index >= 15 is 0 Å². The minimum Gasteiger partial charge on any atom is -0.496 e. The second kappa shape index (κ2) is 5.57. The summed E-state index contributed by atoms with van der Waals surface area (Å²) in [5.74, 6) is 2.06. The highest BCUT2D eigenvalue weighted by molar-refractivity contribution is 5.44. The molecule has 3 rings (SSSR count). The lowest BCUT2D eigenvalue weighted by atomic mass is 10.0. The number of nitrogens with zero attached hydrogens (tertiary/aromatic N) is 2. The number of hydrogen-bond acceptors (Lipinski definition) is 3. The molecule has 2 heterocycles. The molecule has 20 heavy (non-hydrogen) atoms. The number of aryl methyl sites for hydroxylation is 1. The Kier molecular flexibility index (Phi) is 3.63. The lowest BCUT2D eigenvalue weighted by Crippen LogP contribution is -2.24. The van der Waals surface area contributed by atoms with Gasteiger partial charge in [-0.05, 0) is 18.9 Å². The highest BCUT2D eigenvalue weighted by atomic mass is 16.5. The van der Waals surface area contributed by atoms with Crippen LogP contribution in [0, 0.1) is 0 Å². The van der Waals surface area contributed by atoms with E-state index in [-0.39, 0.29) is 6.04 Å². The summed E-state index contributed by atoms with van der Waals surface area (Å²) in [5, 5.41) is 8.21. The van der Waals surface area contributed by atoms with E-state index in [0.29, 0.717) is 0 Å². The smallest absolute Gasteiger partial charge is 0.125 e. The zero-order chi connectivity index (χ0) is 13.9. The van der Waals surface area contributed by atoms with Gasteiger partial charge in [0.15, 0.2) is 0 Å². The number of rotatable bonds is 4. The van der Waals surface area contributed by atoms with E-state index in [4.69, 9.17) is 9.84 Å². The molecule has 1 unspecified atom stereocenters. The molecule has 0 spiro atoms. The van der Waals surface area contributed by atoms with Gasteiger partial charge in [0.2, 0.25) is 0 Å². The first-order valence-electron chi connectivity index (χ1n) is 7.28. The van der Waals surface area contributed by atoms with Gasteiger partial charge < -0.3 is 10.1 Å². The standard InChI is InChI=1S/C16H21N3O/c1-3-6-12-11-16-17-10-9-14(19(16)18-12)13-7-4-5-8-15(13)20-2/h4-5,7-8,11,14,17H,3,6,9-10H2,1-2H3. The second-order valence-corrected chi connectivity index (χ2v) is 5.19. The minimum absolute atomic E-state index is 0.257. The highest BCUT2D eigenvalue weighted by Gasteiger charge is 2.25. The Morgan fingerprint density at radius 2 is 2.25 bits per heavy atom. The summed E-state index contributed by atoms with van der Waals surface area (Å²) in [5.41, 5.74) is 2.38. The Morgan fingerprint density at radius 1 is 1.40 bits per heavy atom. The van der Waals surface area contributed by atoms with E-state index in [1.165, 1.54) is 5.56 Å². The lowest BCUT2D eigenvalue weighted by Gasteiger charge is -2.27. The predicted molar refractivity (Wildman–Crippen MR) is 80.5 cm³/mol. The molecule has 1 aliphatic heterocycles. The maximum Gasteiger partial charge on any atom is 0.125 e. The average Bonchev–Trinajstić information content (AvgIpc) is 2.90. The normalized spacial score (nSPS) is 17.4. The first-order valence-corrected chi connectivity index (χ1v) is 7.28. The van der Waals surface area contributed by atoms with E-state index in [1.54, 1.807) is 7.11 Å². The molecule has 0 radical (unpaired) electrons. The number of aromatic nitrogens is 2. The molecule has 1 aliphatic rings. The van der Waals surface area contributed by atoms with Crippen molar-refractivity contribution < 1.29 is 4.74 Å². The largest absolute Gasteiger partial charge is 0.496 e. The molecule has 4 heteroatoms. The molecule has 1 aromatic carbocycles. The number of nitrogens with one attached hydrogen (secondary N) is 1. The monoisotopic (exact) mass is 271 g/mol. The topological polar surface area (TPSA) is 39.1 Å². The molecular weight excluding hydrogens is 250 g/mol. The fourth-order valence-electron chi connectivity index (χ4n) is 2.88. The second-order valence-electron chi connectivity index (χ2n) is 5.19. The maximum absolute atomic E-state index is 5.51. The molecule has 1 aromatic heterocycles. The van der Waals surface area contributed by atoms with Gasteiger partial charge in [-0.2, -0.15) is 5.10 Å². The van der Waals surface area contributed by atoms with Crippen molar-refractivity contribution in [1.29, 1.82) is 0 Å². The summed E-state index contributed by atoms with van der Waals surface area (Å²) < 4.78 is 7.62. The van der Waals surface area contributed by atoms with Crippen LogP contribution in [0.3, 0.4) is 0 Å². The molecule has 2 aromatic rings. The Hall–Kier alpha value is -1.97. The van der Waals surface area contributed by atoms with Gasteiger partial charge in [0.1, 0.15) is 11.6 Å². The molecule has 0 saturated heterocycles. The van der Waals surface area contributed by atoms with Crippen LogP contribution in [0.2, 0.25) is 0 Å². The number of para-hydroxylation sites is 1. The zero-order valence-corrected chi connectivity index (χ0v) is 12.1. The molecular formula is C16H21N3O. The van der Waals surface area contributed by atoms with Crippen LogP contribution < -0.4 is 10.1 Å². The highest BCUT2D eigenvalue weighted by Crippen LogP contribution is 2.34. The molecule has 0 fully saturated rings. The van der Waals surface area contributed by atoms with Gasteiger partial charge in [-0.1, -0.05) is 31.5 Å². The summed E-state index contributed by atoms with van der Waals surface area (Å²) in [6.45, 7) is 3.16. The molecule has 1 atom stereocenters. The molecule has 0 aliphatic carbocycles. The van der Waals surface area contributed by atoms with Crippen LogP contribution in [0.5, 0.6) is 5.75 Å². The molecule has 106 valence electrons. The number of hydrogen-bond donors (Lipinski definition) is 1. The summed E-state index contributed by atoms with van der Waals surface area (Å²) in [6.07, 6.45) is 3.18. The van der Waals surface area contributed by atoms with Gasteiger partial charge in [-0.15, -0.1) is 0 Å². The van der Waals surface area contributed by atoms with Crippen molar-refractivity contribution in [3.63, 3.8) is 0 Å². The SMILES string of the molecule is CCCc1cc2n(n1)C(c1ccccc1OC)CCN2. The van der Waals surface area contributed by atoms with E-state index in [1.807, 2.05) is 12.1 Å². The third kappa shape index (κ3) is 2.26. The Bertz CT molecular complexity index is 591. The Morgan fingerprint density at radius 3 is 3.05 bits per heavy atom. The third-order valence-electron chi connectivity index (χ3n) is 3.81.